The average Bonchev–Trinajstić information content (AvgIpc) is 2.65. The Morgan fingerprint density at radius 2 is 2.14 bits per heavy atom. The van der Waals surface area contributed by atoms with Gasteiger partial charge in [0.2, 0.25) is 0 Å². The Hall–Kier alpha value is -0.570. The fraction of sp³-hybridized carbons (Fsp3) is 0.909. The molecule has 0 heterocycles. The molecule has 2 rings (SSSR count). The van der Waals surface area contributed by atoms with Crippen LogP contribution in [0.2, 0.25) is 0 Å². The standard InChI is InChI=1S/C11H18O3/c1-11(10(13)14-2)5-7-3-4-9(12)8(7)6-11/h7-9,12H,3-6H2,1-2H3. The van der Waals surface area contributed by atoms with Gasteiger partial charge in [-0.2, -0.15) is 0 Å². The second-order valence-corrected chi connectivity index (χ2v) is 5.03. The van der Waals surface area contributed by atoms with E-state index < -0.39 is 0 Å². The molecule has 0 radical (unpaired) electrons. The number of rotatable bonds is 1. The van der Waals surface area contributed by atoms with Crippen LogP contribution in [0.5, 0.6) is 0 Å². The number of hydrogen-bond donors (Lipinski definition) is 1. The van der Waals surface area contributed by atoms with Gasteiger partial charge in [-0.3, -0.25) is 4.79 Å². The van der Waals surface area contributed by atoms with Crippen molar-refractivity contribution in [1.29, 1.82) is 0 Å². The van der Waals surface area contributed by atoms with Crippen molar-refractivity contribution < 1.29 is 14.6 Å². The van der Waals surface area contributed by atoms with Gasteiger partial charge in [0, 0.05) is 0 Å². The minimum absolute atomic E-state index is 0.112. The fourth-order valence-corrected chi connectivity index (χ4v) is 3.28. The molecule has 0 spiro atoms. The lowest BCUT2D eigenvalue weighted by Gasteiger charge is -2.22. The van der Waals surface area contributed by atoms with Gasteiger partial charge in [-0.05, 0) is 44.4 Å². The number of aliphatic hydroxyl groups is 1. The van der Waals surface area contributed by atoms with Gasteiger partial charge in [-0.15, -0.1) is 0 Å². The van der Waals surface area contributed by atoms with Crippen LogP contribution in [0.4, 0.5) is 0 Å². The Kier molecular flexibility index (Phi) is 2.30. The molecule has 1 N–H and O–H groups in total. The van der Waals surface area contributed by atoms with Crippen molar-refractivity contribution in [3.05, 3.63) is 0 Å². The summed E-state index contributed by atoms with van der Waals surface area (Å²) < 4.78 is 4.82. The van der Waals surface area contributed by atoms with Crippen molar-refractivity contribution in [3.8, 4) is 0 Å². The van der Waals surface area contributed by atoms with Gasteiger partial charge >= 0.3 is 5.97 Å². The molecule has 2 aliphatic rings. The second kappa shape index (κ2) is 3.23. The van der Waals surface area contributed by atoms with E-state index in [4.69, 9.17) is 4.74 Å². The summed E-state index contributed by atoms with van der Waals surface area (Å²) in [4.78, 5) is 11.6. The van der Waals surface area contributed by atoms with Crippen LogP contribution in [0.3, 0.4) is 0 Å². The Morgan fingerprint density at radius 1 is 1.43 bits per heavy atom. The number of ether oxygens (including phenoxy) is 1. The quantitative estimate of drug-likeness (QED) is 0.647. The molecule has 4 atom stereocenters. The van der Waals surface area contributed by atoms with Crippen LogP contribution >= 0.6 is 0 Å². The van der Waals surface area contributed by atoms with E-state index in [2.05, 4.69) is 0 Å². The van der Waals surface area contributed by atoms with E-state index in [1.165, 1.54) is 7.11 Å². The van der Waals surface area contributed by atoms with E-state index in [9.17, 15) is 9.90 Å². The van der Waals surface area contributed by atoms with Crippen molar-refractivity contribution in [2.45, 2.75) is 38.7 Å². The zero-order valence-corrected chi connectivity index (χ0v) is 8.82. The van der Waals surface area contributed by atoms with E-state index in [0.29, 0.717) is 11.8 Å². The number of esters is 1. The fourth-order valence-electron chi connectivity index (χ4n) is 3.28. The molecular formula is C11H18O3. The van der Waals surface area contributed by atoms with E-state index in [-0.39, 0.29) is 17.5 Å². The Labute approximate surface area is 84.4 Å². The molecule has 2 saturated carbocycles. The third kappa shape index (κ3) is 1.34. The van der Waals surface area contributed by atoms with Gasteiger partial charge < -0.3 is 9.84 Å². The molecule has 4 unspecified atom stereocenters. The lowest BCUT2D eigenvalue weighted by atomic mass is 9.86. The van der Waals surface area contributed by atoms with Crippen LogP contribution in [0.25, 0.3) is 0 Å². The molecule has 3 nitrogen and oxygen atoms in total. The molecule has 0 aliphatic heterocycles. The third-order valence-electron chi connectivity index (χ3n) is 4.01. The first-order chi connectivity index (χ1) is 6.57. The van der Waals surface area contributed by atoms with Gasteiger partial charge in [-0.25, -0.2) is 0 Å². The number of aliphatic hydroxyl groups excluding tert-OH is 1. The molecule has 80 valence electrons. The summed E-state index contributed by atoms with van der Waals surface area (Å²) in [6.07, 6.45) is 3.48. The second-order valence-electron chi connectivity index (χ2n) is 5.03. The summed E-state index contributed by atoms with van der Waals surface area (Å²) in [5, 5.41) is 9.73. The van der Waals surface area contributed by atoms with Crippen LogP contribution < -0.4 is 0 Å². The van der Waals surface area contributed by atoms with Crippen molar-refractivity contribution in [2.75, 3.05) is 7.11 Å². The number of carbonyl (C=O) groups is 1. The van der Waals surface area contributed by atoms with Crippen LogP contribution in [-0.2, 0) is 9.53 Å². The monoisotopic (exact) mass is 198 g/mol. The minimum atomic E-state index is -0.342. The summed E-state index contributed by atoms with van der Waals surface area (Å²) in [6, 6.07) is 0. The SMILES string of the molecule is COC(=O)C1(C)CC2CCC(O)C2C1. The smallest absolute Gasteiger partial charge is 0.311 e. The Morgan fingerprint density at radius 3 is 2.71 bits per heavy atom. The summed E-state index contributed by atoms with van der Waals surface area (Å²) in [7, 11) is 1.44. The van der Waals surface area contributed by atoms with Gasteiger partial charge in [0.05, 0.1) is 18.6 Å². The molecule has 0 aromatic heterocycles. The van der Waals surface area contributed by atoms with Crippen LogP contribution in [0.15, 0.2) is 0 Å². The number of hydrogen-bond acceptors (Lipinski definition) is 3. The first-order valence-corrected chi connectivity index (χ1v) is 5.33. The highest BCUT2D eigenvalue weighted by Gasteiger charge is 2.52. The topological polar surface area (TPSA) is 46.5 Å². The van der Waals surface area contributed by atoms with E-state index >= 15 is 0 Å². The number of methoxy groups -OCH3 is 1. The lowest BCUT2D eigenvalue weighted by Crippen LogP contribution is -2.27. The van der Waals surface area contributed by atoms with Crippen LogP contribution in [0.1, 0.15) is 32.6 Å². The van der Waals surface area contributed by atoms with Gasteiger partial charge in [0.15, 0.2) is 0 Å². The highest BCUT2D eigenvalue weighted by Crippen LogP contribution is 2.53. The van der Waals surface area contributed by atoms with Crippen LogP contribution in [-0.4, -0.2) is 24.3 Å². The molecule has 2 fully saturated rings. The van der Waals surface area contributed by atoms with Gasteiger partial charge in [-0.1, -0.05) is 0 Å². The van der Waals surface area contributed by atoms with Crippen molar-refractivity contribution in [2.24, 2.45) is 17.3 Å². The molecular weight excluding hydrogens is 180 g/mol. The van der Waals surface area contributed by atoms with Crippen molar-refractivity contribution in [1.82, 2.24) is 0 Å². The molecule has 14 heavy (non-hydrogen) atoms. The number of fused-ring (bicyclic) bond motifs is 1. The molecule has 0 aromatic rings. The van der Waals surface area contributed by atoms with Crippen molar-refractivity contribution >= 4 is 5.97 Å². The highest BCUT2D eigenvalue weighted by atomic mass is 16.5. The summed E-state index contributed by atoms with van der Waals surface area (Å²) >= 11 is 0. The summed E-state index contributed by atoms with van der Waals surface area (Å²) in [6.45, 7) is 1.96. The zero-order valence-electron chi connectivity index (χ0n) is 8.82. The summed E-state index contributed by atoms with van der Waals surface area (Å²) in [5.41, 5.74) is -0.342. The highest BCUT2D eigenvalue weighted by molar-refractivity contribution is 5.76. The lowest BCUT2D eigenvalue weighted by molar-refractivity contribution is -0.151. The average molecular weight is 198 g/mol. The van der Waals surface area contributed by atoms with E-state index in [1.807, 2.05) is 6.92 Å². The summed E-state index contributed by atoms with van der Waals surface area (Å²) in [5.74, 6) is 0.757. The van der Waals surface area contributed by atoms with Crippen LogP contribution in [0, 0.1) is 17.3 Å². The molecule has 3 heteroatoms. The number of carbonyl (C=O) groups excluding carboxylic acids is 1. The maximum absolute atomic E-state index is 11.6. The predicted molar refractivity (Wildman–Crippen MR) is 51.6 cm³/mol. The third-order valence-corrected chi connectivity index (χ3v) is 4.01. The maximum Gasteiger partial charge on any atom is 0.311 e. The van der Waals surface area contributed by atoms with Gasteiger partial charge in [0.1, 0.15) is 0 Å². The Bertz CT molecular complexity index is 251. The molecule has 2 aliphatic carbocycles. The molecule has 0 aromatic carbocycles. The Balaban J connectivity index is 2.11. The normalized spacial score (nSPS) is 46.4. The molecule has 0 saturated heterocycles. The van der Waals surface area contributed by atoms with E-state index in [0.717, 1.165) is 25.7 Å². The van der Waals surface area contributed by atoms with Gasteiger partial charge in [0.25, 0.3) is 0 Å². The first kappa shape index (κ1) is 9.97. The molecule has 0 amide bonds. The largest absolute Gasteiger partial charge is 0.469 e. The van der Waals surface area contributed by atoms with Crippen molar-refractivity contribution in [3.63, 3.8) is 0 Å². The first-order valence-electron chi connectivity index (χ1n) is 5.33. The minimum Gasteiger partial charge on any atom is -0.469 e. The predicted octanol–water partition coefficient (Wildman–Crippen LogP) is 1.35. The van der Waals surface area contributed by atoms with E-state index in [1.54, 1.807) is 0 Å². The molecule has 0 bridgehead atoms. The maximum atomic E-state index is 11.6. The zero-order chi connectivity index (χ0) is 10.3.